The molecule has 0 N–H and O–H groups in total. The molecule has 0 unspecified atom stereocenters. The predicted molar refractivity (Wildman–Crippen MR) is 67.9 cm³/mol. The Morgan fingerprint density at radius 2 is 2.06 bits per heavy atom. The Morgan fingerprint density at radius 3 is 2.81 bits per heavy atom. The van der Waals surface area contributed by atoms with Gasteiger partial charge in [-0.3, -0.25) is 4.98 Å². The first-order chi connectivity index (χ1) is 7.75. The Labute approximate surface area is 106 Å². The minimum absolute atomic E-state index is 0.171. The normalized spacial score (nSPS) is 10.4. The zero-order chi connectivity index (χ0) is 11.4. The summed E-state index contributed by atoms with van der Waals surface area (Å²) in [6, 6.07) is 8.78. The average molecular weight is 298 g/mol. The van der Waals surface area contributed by atoms with E-state index >= 15 is 0 Å². The van der Waals surface area contributed by atoms with Crippen molar-refractivity contribution in [1.82, 2.24) is 4.98 Å². The summed E-state index contributed by atoms with van der Waals surface area (Å²) in [6.07, 6.45) is 3.52. The van der Waals surface area contributed by atoms with Crippen LogP contribution < -0.4 is 0 Å². The van der Waals surface area contributed by atoms with Crippen molar-refractivity contribution in [2.45, 2.75) is 10.6 Å². The molecule has 1 aromatic carbocycles. The molecule has 1 aromatic heterocycles. The van der Waals surface area contributed by atoms with Crippen LogP contribution >= 0.6 is 27.7 Å². The molecule has 0 saturated carbocycles. The van der Waals surface area contributed by atoms with Gasteiger partial charge in [-0.05, 0) is 39.7 Å². The summed E-state index contributed by atoms with van der Waals surface area (Å²) in [5.41, 5.74) is 1.07. The highest BCUT2D eigenvalue weighted by molar-refractivity contribution is 9.10. The molecular weight excluding hydrogens is 289 g/mol. The first-order valence-corrected chi connectivity index (χ1v) is 6.50. The molecule has 0 fully saturated rings. The van der Waals surface area contributed by atoms with Crippen LogP contribution in [0.4, 0.5) is 4.39 Å². The quantitative estimate of drug-likeness (QED) is 0.785. The fourth-order valence-corrected chi connectivity index (χ4v) is 2.53. The summed E-state index contributed by atoms with van der Waals surface area (Å²) in [6.45, 7) is 0. The van der Waals surface area contributed by atoms with Crippen LogP contribution in [0.15, 0.2) is 52.1 Å². The molecule has 2 rings (SSSR count). The Kier molecular flexibility index (Phi) is 3.96. The monoisotopic (exact) mass is 297 g/mol. The molecule has 0 atom stereocenters. The third kappa shape index (κ3) is 3.06. The van der Waals surface area contributed by atoms with Crippen LogP contribution in [0.1, 0.15) is 5.56 Å². The van der Waals surface area contributed by atoms with E-state index in [-0.39, 0.29) is 5.82 Å². The molecule has 0 bridgehead atoms. The van der Waals surface area contributed by atoms with Crippen molar-refractivity contribution >= 4 is 27.7 Å². The molecule has 0 aliphatic carbocycles. The second-order valence-electron chi connectivity index (χ2n) is 3.23. The molecule has 2 aromatic rings. The third-order valence-corrected chi connectivity index (χ3v) is 3.55. The SMILES string of the molecule is Fc1ccccc1SCc1cncc(Br)c1. The van der Waals surface area contributed by atoms with Gasteiger partial charge in [0.15, 0.2) is 0 Å². The van der Waals surface area contributed by atoms with Gasteiger partial charge in [0.1, 0.15) is 5.82 Å². The van der Waals surface area contributed by atoms with Gasteiger partial charge < -0.3 is 0 Å². The lowest BCUT2D eigenvalue weighted by Crippen LogP contribution is -1.85. The van der Waals surface area contributed by atoms with Crippen molar-refractivity contribution in [3.8, 4) is 0 Å². The van der Waals surface area contributed by atoms with Gasteiger partial charge in [0.25, 0.3) is 0 Å². The van der Waals surface area contributed by atoms with Crippen LogP contribution in [0.3, 0.4) is 0 Å². The number of rotatable bonds is 3. The number of nitrogens with zero attached hydrogens (tertiary/aromatic N) is 1. The van der Waals surface area contributed by atoms with Crippen LogP contribution in [0.2, 0.25) is 0 Å². The molecule has 1 nitrogen and oxygen atoms in total. The Morgan fingerprint density at radius 1 is 1.25 bits per heavy atom. The molecule has 4 heteroatoms. The Bertz CT molecular complexity index is 490. The molecule has 0 saturated heterocycles. The summed E-state index contributed by atoms with van der Waals surface area (Å²) in [5.74, 6) is 0.545. The maximum absolute atomic E-state index is 13.3. The molecular formula is C12H9BrFNS. The second-order valence-corrected chi connectivity index (χ2v) is 5.16. The van der Waals surface area contributed by atoms with Crippen molar-refractivity contribution < 1.29 is 4.39 Å². The van der Waals surface area contributed by atoms with Gasteiger partial charge in [0.05, 0.1) is 0 Å². The lowest BCUT2D eigenvalue weighted by molar-refractivity contribution is 0.602. The molecule has 16 heavy (non-hydrogen) atoms. The first-order valence-electron chi connectivity index (χ1n) is 4.72. The lowest BCUT2D eigenvalue weighted by Gasteiger charge is -2.03. The molecule has 0 radical (unpaired) electrons. The smallest absolute Gasteiger partial charge is 0.136 e. The summed E-state index contributed by atoms with van der Waals surface area (Å²) in [4.78, 5) is 4.73. The van der Waals surface area contributed by atoms with E-state index in [1.807, 2.05) is 12.1 Å². The highest BCUT2D eigenvalue weighted by Crippen LogP contribution is 2.25. The van der Waals surface area contributed by atoms with Gasteiger partial charge in [0, 0.05) is 27.5 Å². The van der Waals surface area contributed by atoms with Crippen LogP contribution in [-0.2, 0) is 5.75 Å². The van der Waals surface area contributed by atoms with Crippen molar-refractivity contribution in [2.75, 3.05) is 0 Å². The highest BCUT2D eigenvalue weighted by atomic mass is 79.9. The standard InChI is InChI=1S/C12H9BrFNS/c13-10-5-9(6-15-7-10)8-16-12-4-2-1-3-11(12)14/h1-7H,8H2. The van der Waals surface area contributed by atoms with E-state index in [1.165, 1.54) is 17.8 Å². The van der Waals surface area contributed by atoms with Crippen LogP contribution in [-0.4, -0.2) is 4.98 Å². The number of thioether (sulfide) groups is 1. The molecule has 1 heterocycles. The molecule has 82 valence electrons. The van der Waals surface area contributed by atoms with E-state index in [0.717, 1.165) is 10.0 Å². The minimum Gasteiger partial charge on any atom is -0.263 e. The van der Waals surface area contributed by atoms with Gasteiger partial charge in [-0.1, -0.05) is 12.1 Å². The third-order valence-electron chi connectivity index (χ3n) is 1.99. The summed E-state index contributed by atoms with van der Waals surface area (Å²) in [5, 5.41) is 0. The van der Waals surface area contributed by atoms with E-state index in [1.54, 1.807) is 24.5 Å². The van der Waals surface area contributed by atoms with Crippen molar-refractivity contribution in [1.29, 1.82) is 0 Å². The molecule has 0 aliphatic rings. The number of aromatic nitrogens is 1. The van der Waals surface area contributed by atoms with Crippen molar-refractivity contribution in [2.24, 2.45) is 0 Å². The first kappa shape index (κ1) is 11.6. The van der Waals surface area contributed by atoms with Crippen molar-refractivity contribution in [3.63, 3.8) is 0 Å². The van der Waals surface area contributed by atoms with Gasteiger partial charge >= 0.3 is 0 Å². The van der Waals surface area contributed by atoms with Crippen LogP contribution in [0.5, 0.6) is 0 Å². The number of benzene rings is 1. The summed E-state index contributed by atoms with van der Waals surface area (Å²) >= 11 is 4.83. The number of hydrogen-bond acceptors (Lipinski definition) is 2. The largest absolute Gasteiger partial charge is 0.263 e. The zero-order valence-electron chi connectivity index (χ0n) is 8.36. The Hall–Kier alpha value is -0.870. The zero-order valence-corrected chi connectivity index (χ0v) is 10.8. The predicted octanol–water partition coefficient (Wildman–Crippen LogP) is 4.28. The average Bonchev–Trinajstić information content (AvgIpc) is 2.28. The maximum atomic E-state index is 13.3. The van der Waals surface area contributed by atoms with Gasteiger partial charge in [-0.15, -0.1) is 11.8 Å². The fraction of sp³-hybridized carbons (Fsp3) is 0.0833. The van der Waals surface area contributed by atoms with E-state index in [9.17, 15) is 4.39 Å². The van der Waals surface area contributed by atoms with Gasteiger partial charge in [-0.25, -0.2) is 4.39 Å². The summed E-state index contributed by atoms with van der Waals surface area (Å²) < 4.78 is 14.3. The van der Waals surface area contributed by atoms with Crippen LogP contribution in [0, 0.1) is 5.82 Å². The highest BCUT2D eigenvalue weighted by Gasteiger charge is 2.02. The number of halogens is 2. The molecule has 0 aliphatic heterocycles. The van der Waals surface area contributed by atoms with E-state index in [2.05, 4.69) is 20.9 Å². The maximum Gasteiger partial charge on any atom is 0.136 e. The molecule has 0 spiro atoms. The van der Waals surface area contributed by atoms with Gasteiger partial charge in [-0.2, -0.15) is 0 Å². The fourth-order valence-electron chi connectivity index (χ4n) is 1.26. The Balaban J connectivity index is 2.05. The van der Waals surface area contributed by atoms with Gasteiger partial charge in [0.2, 0.25) is 0 Å². The van der Waals surface area contributed by atoms with E-state index < -0.39 is 0 Å². The topological polar surface area (TPSA) is 12.9 Å². The van der Waals surface area contributed by atoms with E-state index in [0.29, 0.717) is 10.6 Å². The van der Waals surface area contributed by atoms with E-state index in [4.69, 9.17) is 0 Å². The molecule has 0 amide bonds. The number of hydrogen-bond donors (Lipinski definition) is 0. The lowest BCUT2D eigenvalue weighted by atomic mass is 10.3. The summed E-state index contributed by atoms with van der Waals surface area (Å²) in [7, 11) is 0. The minimum atomic E-state index is -0.171. The van der Waals surface area contributed by atoms with Crippen LogP contribution in [0.25, 0.3) is 0 Å². The van der Waals surface area contributed by atoms with Crippen molar-refractivity contribution in [3.05, 3.63) is 58.6 Å². The second kappa shape index (κ2) is 5.46. The number of pyridine rings is 1.